The number of ether oxygens (including phenoxy) is 2. The molecular formula is C17H19N3O8S2. The fourth-order valence-electron chi connectivity index (χ4n) is 2.24. The molecule has 0 spiro atoms. The van der Waals surface area contributed by atoms with E-state index in [2.05, 4.69) is 0 Å². The maximum Gasteiger partial charge on any atom is 0.417 e. The average Bonchev–Trinajstić information content (AvgIpc) is 2.64. The van der Waals surface area contributed by atoms with Crippen LogP contribution in [0, 0.1) is 5.41 Å². The van der Waals surface area contributed by atoms with Crippen LogP contribution in [-0.2, 0) is 31.3 Å². The number of hydrogen-bond donors (Lipinski definition) is 3. The van der Waals surface area contributed by atoms with Crippen LogP contribution in [0.2, 0.25) is 0 Å². The van der Waals surface area contributed by atoms with Crippen molar-refractivity contribution in [2.75, 3.05) is 12.1 Å². The van der Waals surface area contributed by atoms with Crippen molar-refractivity contribution < 1.29 is 35.7 Å². The van der Waals surface area contributed by atoms with Crippen molar-refractivity contribution in [3.8, 4) is 11.5 Å². The summed E-state index contributed by atoms with van der Waals surface area (Å²) in [6.07, 6.45) is -0.329. The lowest BCUT2D eigenvalue weighted by molar-refractivity contribution is 0.118. The van der Waals surface area contributed by atoms with Gasteiger partial charge in [0.1, 0.15) is 23.0 Å². The summed E-state index contributed by atoms with van der Waals surface area (Å²) >= 11 is 0. The SMILES string of the molecule is CS(=O)(=O)c1cc(COC(=O)N(CS(=O)(=O)O)C(=N)N)ccc1Oc1ccccc1. The highest BCUT2D eigenvalue weighted by Crippen LogP contribution is 2.30. The van der Waals surface area contributed by atoms with Gasteiger partial charge in [-0.15, -0.1) is 0 Å². The van der Waals surface area contributed by atoms with Gasteiger partial charge in [-0.25, -0.2) is 18.1 Å². The zero-order valence-corrected chi connectivity index (χ0v) is 17.3. The van der Waals surface area contributed by atoms with E-state index in [1.54, 1.807) is 30.3 Å². The molecule has 13 heteroatoms. The molecular weight excluding hydrogens is 438 g/mol. The number of nitrogens with two attached hydrogens (primary N) is 1. The van der Waals surface area contributed by atoms with Crippen molar-refractivity contribution in [2.45, 2.75) is 11.5 Å². The molecule has 0 aliphatic rings. The van der Waals surface area contributed by atoms with Gasteiger partial charge in [0.2, 0.25) is 0 Å². The van der Waals surface area contributed by atoms with Gasteiger partial charge >= 0.3 is 6.09 Å². The molecule has 0 aliphatic carbocycles. The summed E-state index contributed by atoms with van der Waals surface area (Å²) in [7, 11) is -8.36. The highest BCUT2D eigenvalue weighted by Gasteiger charge is 2.24. The van der Waals surface area contributed by atoms with E-state index < -0.39 is 44.5 Å². The Hall–Kier alpha value is -3.16. The Morgan fingerprint density at radius 2 is 1.77 bits per heavy atom. The minimum atomic E-state index is -4.65. The summed E-state index contributed by atoms with van der Waals surface area (Å²) in [4.78, 5) is 12.0. The van der Waals surface area contributed by atoms with E-state index in [4.69, 9.17) is 25.2 Å². The van der Waals surface area contributed by atoms with Gasteiger partial charge < -0.3 is 15.2 Å². The number of rotatable bonds is 7. The van der Waals surface area contributed by atoms with E-state index >= 15 is 0 Å². The van der Waals surface area contributed by atoms with Crippen LogP contribution >= 0.6 is 0 Å². The van der Waals surface area contributed by atoms with Crippen molar-refractivity contribution in [1.82, 2.24) is 4.90 Å². The summed E-state index contributed by atoms with van der Waals surface area (Å²) in [5, 5.41) is 7.23. The van der Waals surface area contributed by atoms with E-state index in [-0.39, 0.29) is 21.1 Å². The van der Waals surface area contributed by atoms with Crippen LogP contribution in [0.25, 0.3) is 0 Å². The zero-order chi connectivity index (χ0) is 22.5. The van der Waals surface area contributed by atoms with E-state index in [9.17, 15) is 21.6 Å². The molecule has 0 fully saturated rings. The third kappa shape index (κ3) is 6.72. The number of sulfone groups is 1. The lowest BCUT2D eigenvalue weighted by atomic mass is 10.2. The second-order valence-corrected chi connectivity index (χ2v) is 9.45. The van der Waals surface area contributed by atoms with Crippen LogP contribution in [0.4, 0.5) is 4.79 Å². The number of carbonyl (C=O) groups is 1. The number of nitrogens with one attached hydrogen (secondary N) is 1. The van der Waals surface area contributed by atoms with Crippen LogP contribution in [0.3, 0.4) is 0 Å². The molecule has 1 amide bonds. The quantitative estimate of drug-likeness (QED) is 0.316. The largest absolute Gasteiger partial charge is 0.456 e. The first-order valence-electron chi connectivity index (χ1n) is 8.16. The Balaban J connectivity index is 2.22. The lowest BCUT2D eigenvalue weighted by Crippen LogP contribution is -2.44. The van der Waals surface area contributed by atoms with E-state index in [0.717, 1.165) is 6.26 Å². The molecule has 162 valence electrons. The normalized spacial score (nSPS) is 11.5. The van der Waals surface area contributed by atoms with Gasteiger partial charge in [0.25, 0.3) is 10.1 Å². The number of amides is 1. The minimum Gasteiger partial charge on any atom is -0.456 e. The second-order valence-electron chi connectivity index (χ2n) is 6.05. The molecule has 0 aliphatic heterocycles. The molecule has 0 radical (unpaired) electrons. The lowest BCUT2D eigenvalue weighted by Gasteiger charge is -2.18. The Morgan fingerprint density at radius 1 is 1.13 bits per heavy atom. The fourth-order valence-corrected chi connectivity index (χ4v) is 3.65. The molecule has 0 saturated heterocycles. The van der Waals surface area contributed by atoms with E-state index in [1.165, 1.54) is 18.2 Å². The Bertz CT molecular complexity index is 1150. The molecule has 4 N–H and O–H groups in total. The Labute approximate surface area is 173 Å². The molecule has 11 nitrogen and oxygen atoms in total. The third-order valence-electron chi connectivity index (χ3n) is 3.54. The predicted octanol–water partition coefficient (Wildman–Crippen LogP) is 1.56. The van der Waals surface area contributed by atoms with Gasteiger partial charge in [0, 0.05) is 6.26 Å². The van der Waals surface area contributed by atoms with Gasteiger partial charge in [-0.2, -0.15) is 8.42 Å². The summed E-state index contributed by atoms with van der Waals surface area (Å²) < 4.78 is 65.5. The highest BCUT2D eigenvalue weighted by atomic mass is 32.2. The Morgan fingerprint density at radius 3 is 2.30 bits per heavy atom. The second kappa shape index (κ2) is 9.11. The molecule has 2 aromatic rings. The molecule has 2 rings (SSSR count). The van der Waals surface area contributed by atoms with Crippen LogP contribution < -0.4 is 10.5 Å². The molecule has 0 bridgehead atoms. The van der Waals surface area contributed by atoms with Crippen LogP contribution in [0.15, 0.2) is 53.4 Å². The summed E-state index contributed by atoms with van der Waals surface area (Å²) in [5.74, 6) is -1.74. The first-order valence-corrected chi connectivity index (χ1v) is 11.7. The van der Waals surface area contributed by atoms with Crippen LogP contribution in [0.5, 0.6) is 11.5 Å². The maximum atomic E-state index is 12.2. The van der Waals surface area contributed by atoms with Gasteiger partial charge in [-0.3, -0.25) is 9.96 Å². The van der Waals surface area contributed by atoms with Gasteiger partial charge in [0.05, 0.1) is 0 Å². The topological polar surface area (TPSA) is 177 Å². The molecule has 0 atom stereocenters. The fraction of sp³-hybridized carbons (Fsp3) is 0.176. The van der Waals surface area contributed by atoms with Crippen molar-refractivity contribution in [1.29, 1.82) is 5.41 Å². The molecule has 2 aromatic carbocycles. The number of nitrogens with zero attached hydrogens (tertiary/aromatic N) is 1. The first kappa shape index (κ1) is 23.1. The third-order valence-corrected chi connectivity index (χ3v) is 5.25. The van der Waals surface area contributed by atoms with Crippen molar-refractivity contribution >= 4 is 32.0 Å². The minimum absolute atomic E-state index is 0.0653. The molecule has 0 saturated carbocycles. The smallest absolute Gasteiger partial charge is 0.417 e. The summed E-state index contributed by atoms with van der Waals surface area (Å²) in [6, 6.07) is 12.6. The zero-order valence-electron chi connectivity index (χ0n) is 15.7. The van der Waals surface area contributed by atoms with E-state index in [0.29, 0.717) is 5.75 Å². The first-order chi connectivity index (χ1) is 13.9. The Kier molecular flexibility index (Phi) is 7.02. The summed E-state index contributed by atoms with van der Waals surface area (Å²) in [6.45, 7) is -0.456. The number of para-hydroxylation sites is 1. The maximum absolute atomic E-state index is 12.2. The highest BCUT2D eigenvalue weighted by molar-refractivity contribution is 7.90. The van der Waals surface area contributed by atoms with Crippen molar-refractivity contribution in [3.63, 3.8) is 0 Å². The molecule has 0 unspecified atom stereocenters. The number of carbonyl (C=O) groups excluding carboxylic acids is 1. The average molecular weight is 457 g/mol. The number of hydrogen-bond acceptors (Lipinski definition) is 8. The van der Waals surface area contributed by atoms with E-state index in [1.807, 2.05) is 0 Å². The molecule has 0 aromatic heterocycles. The summed E-state index contributed by atoms with van der Waals surface area (Å²) in [5.41, 5.74) is 5.37. The monoisotopic (exact) mass is 457 g/mol. The number of benzene rings is 2. The predicted molar refractivity (Wildman–Crippen MR) is 106 cm³/mol. The standard InChI is InChI=1S/C17H19N3O8S2/c1-29(22,23)15-9-12(7-8-14(15)28-13-5-3-2-4-6-13)10-27-17(21)20(16(18)19)11-30(24,25)26/h2-9H,10-11H2,1H3,(H3,18,19)(H,24,25,26). The molecule has 30 heavy (non-hydrogen) atoms. The van der Waals surface area contributed by atoms with Gasteiger partial charge in [0.15, 0.2) is 21.7 Å². The molecule has 0 heterocycles. The van der Waals surface area contributed by atoms with Crippen molar-refractivity contribution in [2.24, 2.45) is 5.73 Å². The van der Waals surface area contributed by atoms with Gasteiger partial charge in [-0.05, 0) is 29.8 Å². The van der Waals surface area contributed by atoms with Crippen molar-refractivity contribution in [3.05, 3.63) is 54.1 Å². The van der Waals surface area contributed by atoms with Crippen LogP contribution in [-0.4, -0.2) is 50.5 Å². The number of guanidine groups is 1. The van der Waals surface area contributed by atoms with Gasteiger partial charge in [-0.1, -0.05) is 24.3 Å². The van der Waals surface area contributed by atoms with Crippen LogP contribution in [0.1, 0.15) is 5.56 Å².